The number of carbonyl (C=O) groups is 1. The van der Waals surface area contributed by atoms with E-state index in [2.05, 4.69) is 36.4 Å². The van der Waals surface area contributed by atoms with Crippen LogP contribution in [0.1, 0.15) is 43.5 Å². The lowest BCUT2D eigenvalue weighted by atomic mass is 9.92. The van der Waals surface area contributed by atoms with Gasteiger partial charge in [-0.15, -0.1) is 11.3 Å². The standard InChI is InChI=1S/C13H19NOS/c1-10(13-7-4-8-16-13)14(2)11-5-3-6-12(15)9-11/h4,7-8,10-11H,3,5-6,9H2,1-2H3. The van der Waals surface area contributed by atoms with Gasteiger partial charge in [-0.05, 0) is 38.3 Å². The van der Waals surface area contributed by atoms with Crippen molar-refractivity contribution in [1.29, 1.82) is 0 Å². The van der Waals surface area contributed by atoms with Crippen LogP contribution in [0.15, 0.2) is 17.5 Å². The molecule has 1 heterocycles. The Morgan fingerprint density at radius 3 is 3.00 bits per heavy atom. The van der Waals surface area contributed by atoms with Gasteiger partial charge in [0.25, 0.3) is 0 Å². The van der Waals surface area contributed by atoms with Crippen LogP contribution in [0.2, 0.25) is 0 Å². The second-order valence-corrected chi connectivity index (χ2v) is 5.62. The summed E-state index contributed by atoms with van der Waals surface area (Å²) >= 11 is 1.80. The third-order valence-electron chi connectivity index (χ3n) is 3.60. The van der Waals surface area contributed by atoms with Gasteiger partial charge in [0, 0.05) is 29.8 Å². The highest BCUT2D eigenvalue weighted by Gasteiger charge is 2.26. The average Bonchev–Trinajstić information content (AvgIpc) is 2.80. The Morgan fingerprint density at radius 2 is 2.38 bits per heavy atom. The van der Waals surface area contributed by atoms with Gasteiger partial charge in [0.05, 0.1) is 0 Å². The Bertz CT molecular complexity index is 347. The molecular formula is C13H19NOS. The van der Waals surface area contributed by atoms with E-state index < -0.39 is 0 Å². The molecule has 16 heavy (non-hydrogen) atoms. The molecule has 0 radical (unpaired) electrons. The fraction of sp³-hybridized carbons (Fsp3) is 0.615. The van der Waals surface area contributed by atoms with Crippen molar-refractivity contribution in [3.8, 4) is 0 Å². The van der Waals surface area contributed by atoms with Gasteiger partial charge in [-0.1, -0.05) is 6.07 Å². The molecule has 3 heteroatoms. The molecule has 0 bridgehead atoms. The topological polar surface area (TPSA) is 20.3 Å². The molecule has 0 aromatic carbocycles. The molecule has 0 saturated heterocycles. The van der Waals surface area contributed by atoms with E-state index >= 15 is 0 Å². The molecule has 1 aliphatic carbocycles. The van der Waals surface area contributed by atoms with Crippen molar-refractivity contribution >= 4 is 17.1 Å². The van der Waals surface area contributed by atoms with Crippen molar-refractivity contribution < 1.29 is 4.79 Å². The molecule has 0 aliphatic heterocycles. The maximum Gasteiger partial charge on any atom is 0.134 e. The van der Waals surface area contributed by atoms with E-state index in [1.165, 1.54) is 4.88 Å². The monoisotopic (exact) mass is 237 g/mol. The SMILES string of the molecule is CC(c1cccs1)N(C)C1CCCC(=O)C1. The predicted octanol–water partition coefficient (Wildman–Crippen LogP) is 3.25. The molecule has 0 amide bonds. The van der Waals surface area contributed by atoms with Crippen molar-refractivity contribution in [1.82, 2.24) is 4.90 Å². The number of ketones is 1. The molecular weight excluding hydrogens is 218 g/mol. The number of thiophene rings is 1. The zero-order valence-corrected chi connectivity index (χ0v) is 10.8. The van der Waals surface area contributed by atoms with Crippen LogP contribution < -0.4 is 0 Å². The number of nitrogens with zero attached hydrogens (tertiary/aromatic N) is 1. The zero-order valence-electron chi connectivity index (χ0n) is 9.98. The normalized spacial score (nSPS) is 23.7. The first-order valence-corrected chi connectivity index (χ1v) is 6.83. The second-order valence-electron chi connectivity index (χ2n) is 4.65. The quantitative estimate of drug-likeness (QED) is 0.804. The molecule has 1 aromatic heterocycles. The third-order valence-corrected chi connectivity index (χ3v) is 4.64. The fourth-order valence-electron chi connectivity index (χ4n) is 2.40. The predicted molar refractivity (Wildman–Crippen MR) is 67.8 cm³/mol. The highest BCUT2D eigenvalue weighted by molar-refractivity contribution is 7.10. The minimum Gasteiger partial charge on any atom is -0.300 e. The third kappa shape index (κ3) is 2.53. The molecule has 88 valence electrons. The Kier molecular flexibility index (Phi) is 3.77. The van der Waals surface area contributed by atoms with Crippen LogP contribution in [0.4, 0.5) is 0 Å². The summed E-state index contributed by atoms with van der Waals surface area (Å²) in [5, 5.41) is 2.12. The Hall–Kier alpha value is -0.670. The van der Waals surface area contributed by atoms with E-state index in [1.54, 1.807) is 11.3 Å². The number of carbonyl (C=O) groups excluding carboxylic acids is 1. The molecule has 1 fully saturated rings. The van der Waals surface area contributed by atoms with E-state index in [4.69, 9.17) is 0 Å². The van der Waals surface area contributed by atoms with Crippen LogP contribution >= 0.6 is 11.3 Å². The van der Waals surface area contributed by atoms with Gasteiger partial charge >= 0.3 is 0 Å². The minimum atomic E-state index is 0.427. The van der Waals surface area contributed by atoms with Gasteiger partial charge in [-0.2, -0.15) is 0 Å². The van der Waals surface area contributed by atoms with Gasteiger partial charge in [0.15, 0.2) is 0 Å². The first-order chi connectivity index (χ1) is 7.68. The van der Waals surface area contributed by atoms with E-state index in [-0.39, 0.29) is 0 Å². The average molecular weight is 237 g/mol. The van der Waals surface area contributed by atoms with E-state index in [0.717, 1.165) is 25.7 Å². The van der Waals surface area contributed by atoms with E-state index in [9.17, 15) is 4.79 Å². The number of hydrogen-bond donors (Lipinski definition) is 0. The zero-order chi connectivity index (χ0) is 11.5. The summed E-state index contributed by atoms with van der Waals surface area (Å²) in [5.74, 6) is 0.432. The molecule has 1 aromatic rings. The van der Waals surface area contributed by atoms with Crippen LogP contribution in [0, 0.1) is 0 Å². The Labute approximate surface area is 101 Å². The van der Waals surface area contributed by atoms with Crippen LogP contribution in [0.25, 0.3) is 0 Å². The number of hydrogen-bond acceptors (Lipinski definition) is 3. The molecule has 1 saturated carbocycles. The fourth-order valence-corrected chi connectivity index (χ4v) is 3.23. The summed E-state index contributed by atoms with van der Waals surface area (Å²) in [4.78, 5) is 15.2. The summed E-state index contributed by atoms with van der Waals surface area (Å²) in [6, 6.07) is 5.14. The molecule has 2 nitrogen and oxygen atoms in total. The largest absolute Gasteiger partial charge is 0.300 e. The molecule has 2 atom stereocenters. The van der Waals surface area contributed by atoms with Crippen molar-refractivity contribution in [3.05, 3.63) is 22.4 Å². The van der Waals surface area contributed by atoms with Crippen molar-refractivity contribution in [3.63, 3.8) is 0 Å². The Balaban J connectivity index is 2.01. The van der Waals surface area contributed by atoms with Crippen molar-refractivity contribution in [2.45, 2.75) is 44.7 Å². The van der Waals surface area contributed by atoms with Gasteiger partial charge < -0.3 is 0 Å². The van der Waals surface area contributed by atoms with Crippen LogP contribution in [0.5, 0.6) is 0 Å². The molecule has 0 spiro atoms. The van der Waals surface area contributed by atoms with Gasteiger partial charge in [0.1, 0.15) is 5.78 Å². The highest BCUT2D eigenvalue weighted by Crippen LogP contribution is 2.29. The molecule has 1 aliphatic rings. The highest BCUT2D eigenvalue weighted by atomic mass is 32.1. The molecule has 2 rings (SSSR count). The molecule has 0 N–H and O–H groups in total. The Morgan fingerprint density at radius 1 is 1.56 bits per heavy atom. The smallest absolute Gasteiger partial charge is 0.134 e. The first kappa shape index (κ1) is 11.8. The minimum absolute atomic E-state index is 0.427. The summed E-state index contributed by atoms with van der Waals surface area (Å²) in [6.07, 6.45) is 3.76. The van der Waals surface area contributed by atoms with Gasteiger partial charge in [-0.25, -0.2) is 0 Å². The summed E-state index contributed by atoms with van der Waals surface area (Å²) in [5.41, 5.74) is 0. The maximum atomic E-state index is 11.5. The van der Waals surface area contributed by atoms with Crippen LogP contribution in [-0.4, -0.2) is 23.8 Å². The number of Topliss-reactive ketones (excluding diaryl/α,β-unsaturated/α-hetero) is 1. The lowest BCUT2D eigenvalue weighted by Crippen LogP contribution is -2.37. The lowest BCUT2D eigenvalue weighted by molar-refractivity contribution is -0.122. The first-order valence-electron chi connectivity index (χ1n) is 5.95. The lowest BCUT2D eigenvalue weighted by Gasteiger charge is -2.34. The van der Waals surface area contributed by atoms with E-state index in [0.29, 0.717) is 17.9 Å². The van der Waals surface area contributed by atoms with Gasteiger partial charge in [-0.3, -0.25) is 9.69 Å². The van der Waals surface area contributed by atoms with Crippen molar-refractivity contribution in [2.75, 3.05) is 7.05 Å². The van der Waals surface area contributed by atoms with Crippen LogP contribution in [-0.2, 0) is 4.79 Å². The number of rotatable bonds is 3. The maximum absolute atomic E-state index is 11.5. The van der Waals surface area contributed by atoms with E-state index in [1.807, 2.05) is 0 Å². The summed E-state index contributed by atoms with van der Waals surface area (Å²) in [7, 11) is 2.15. The molecule has 2 unspecified atom stereocenters. The summed E-state index contributed by atoms with van der Waals surface area (Å²) in [6.45, 7) is 2.23. The second kappa shape index (κ2) is 5.11. The van der Waals surface area contributed by atoms with Crippen molar-refractivity contribution in [2.24, 2.45) is 0 Å². The van der Waals surface area contributed by atoms with Gasteiger partial charge in [0.2, 0.25) is 0 Å². The summed E-state index contributed by atoms with van der Waals surface area (Å²) < 4.78 is 0. The van der Waals surface area contributed by atoms with Crippen LogP contribution in [0.3, 0.4) is 0 Å².